The van der Waals surface area contributed by atoms with Gasteiger partial charge in [-0.2, -0.15) is 11.8 Å². The van der Waals surface area contributed by atoms with E-state index in [4.69, 9.17) is 11.2 Å². The summed E-state index contributed by atoms with van der Waals surface area (Å²) in [6.07, 6.45) is 7.14. The van der Waals surface area contributed by atoms with Crippen LogP contribution < -0.4 is 10.1 Å². The number of benzene rings is 1. The van der Waals surface area contributed by atoms with Gasteiger partial charge in [-0.25, -0.2) is 4.79 Å². The Morgan fingerprint density at radius 1 is 1.50 bits per heavy atom. The molecule has 1 aromatic carbocycles. The van der Waals surface area contributed by atoms with Crippen molar-refractivity contribution < 1.29 is 9.53 Å². The van der Waals surface area contributed by atoms with Gasteiger partial charge in [-0.15, -0.1) is 6.42 Å². The maximum Gasteiger partial charge on any atom is 0.321 e. The summed E-state index contributed by atoms with van der Waals surface area (Å²) in [7, 11) is 1.79. The van der Waals surface area contributed by atoms with Gasteiger partial charge in [0.1, 0.15) is 12.4 Å². The summed E-state index contributed by atoms with van der Waals surface area (Å²) >= 11 is 1.72. The lowest BCUT2D eigenvalue weighted by molar-refractivity contribution is 0.212. The largest absolute Gasteiger partial charge is 0.481 e. The summed E-state index contributed by atoms with van der Waals surface area (Å²) in [5.41, 5.74) is 0.728. The second kappa shape index (κ2) is 8.39. The number of urea groups is 1. The number of carbonyl (C=O) groups excluding carboxylic acids is 1. The minimum atomic E-state index is -0.121. The van der Waals surface area contributed by atoms with E-state index in [0.717, 1.165) is 11.4 Å². The number of hydrogen-bond donors (Lipinski definition) is 1. The molecule has 0 saturated carbocycles. The first-order valence-electron chi connectivity index (χ1n) is 6.27. The van der Waals surface area contributed by atoms with E-state index in [-0.39, 0.29) is 18.7 Å². The van der Waals surface area contributed by atoms with Crippen molar-refractivity contribution in [2.24, 2.45) is 0 Å². The topological polar surface area (TPSA) is 41.6 Å². The van der Waals surface area contributed by atoms with Gasteiger partial charge in [0.05, 0.1) is 0 Å². The molecule has 0 aliphatic heterocycles. The normalized spacial score (nSPS) is 11.3. The van der Waals surface area contributed by atoms with Gasteiger partial charge in [-0.3, -0.25) is 0 Å². The molecular formula is C15H20N2O2S. The third-order valence-electron chi connectivity index (χ3n) is 2.82. The van der Waals surface area contributed by atoms with E-state index in [1.807, 2.05) is 13.2 Å². The Labute approximate surface area is 124 Å². The van der Waals surface area contributed by atoms with E-state index in [1.165, 1.54) is 0 Å². The van der Waals surface area contributed by atoms with Crippen LogP contribution in [0.5, 0.6) is 5.75 Å². The SMILES string of the molecule is C#CCOc1ccc(NC(=O)N(C)[C@H](C)CSC)cc1. The lowest BCUT2D eigenvalue weighted by Gasteiger charge is -2.24. The maximum absolute atomic E-state index is 12.0. The Kier molecular flexibility index (Phi) is 6.82. The predicted octanol–water partition coefficient (Wildman–Crippen LogP) is 2.91. The van der Waals surface area contributed by atoms with E-state index in [0.29, 0.717) is 5.75 Å². The van der Waals surface area contributed by atoms with Crippen LogP contribution in [0.25, 0.3) is 0 Å². The second-order valence-corrected chi connectivity index (χ2v) is 5.27. The van der Waals surface area contributed by atoms with Crippen molar-refractivity contribution in [1.82, 2.24) is 4.90 Å². The van der Waals surface area contributed by atoms with Gasteiger partial charge in [-0.05, 0) is 37.4 Å². The highest BCUT2D eigenvalue weighted by Gasteiger charge is 2.15. The standard InChI is InChI=1S/C15H20N2O2S/c1-5-10-19-14-8-6-13(7-9-14)16-15(18)17(3)12(2)11-20-4/h1,6-9,12H,10-11H2,2-4H3,(H,16,18)/t12-/m1/s1. The van der Waals surface area contributed by atoms with Gasteiger partial charge in [0.25, 0.3) is 0 Å². The highest BCUT2D eigenvalue weighted by atomic mass is 32.2. The van der Waals surface area contributed by atoms with Crippen molar-refractivity contribution in [2.45, 2.75) is 13.0 Å². The third kappa shape index (κ3) is 5.06. The zero-order valence-electron chi connectivity index (χ0n) is 12.1. The summed E-state index contributed by atoms with van der Waals surface area (Å²) in [5.74, 6) is 3.99. The lowest BCUT2D eigenvalue weighted by atomic mass is 10.3. The van der Waals surface area contributed by atoms with E-state index in [1.54, 1.807) is 48.0 Å². The number of amides is 2. The van der Waals surface area contributed by atoms with Crippen molar-refractivity contribution >= 4 is 23.5 Å². The molecule has 0 heterocycles. The molecule has 1 aromatic rings. The number of anilines is 1. The Balaban J connectivity index is 2.55. The van der Waals surface area contributed by atoms with Gasteiger partial charge >= 0.3 is 6.03 Å². The smallest absolute Gasteiger partial charge is 0.321 e. The van der Waals surface area contributed by atoms with Crippen LogP contribution >= 0.6 is 11.8 Å². The summed E-state index contributed by atoms with van der Waals surface area (Å²) < 4.78 is 5.27. The molecule has 0 aliphatic rings. The molecule has 0 aliphatic carbocycles. The molecule has 2 amide bonds. The molecule has 0 fully saturated rings. The summed E-state index contributed by atoms with van der Waals surface area (Å²) in [5, 5.41) is 2.85. The maximum atomic E-state index is 12.0. The van der Waals surface area contributed by atoms with E-state index in [9.17, 15) is 4.79 Å². The minimum absolute atomic E-state index is 0.121. The zero-order valence-corrected chi connectivity index (χ0v) is 12.9. The van der Waals surface area contributed by atoms with Crippen LogP contribution in [0, 0.1) is 12.3 Å². The highest BCUT2D eigenvalue weighted by molar-refractivity contribution is 7.98. The van der Waals surface area contributed by atoms with E-state index >= 15 is 0 Å². The Hall–Kier alpha value is -1.80. The van der Waals surface area contributed by atoms with Crippen LogP contribution in [0.2, 0.25) is 0 Å². The minimum Gasteiger partial charge on any atom is -0.481 e. The van der Waals surface area contributed by atoms with E-state index < -0.39 is 0 Å². The van der Waals surface area contributed by atoms with Crippen LogP contribution in [0.15, 0.2) is 24.3 Å². The summed E-state index contributed by atoms with van der Waals surface area (Å²) in [6.45, 7) is 2.26. The van der Waals surface area contributed by atoms with Crippen LogP contribution in [0.1, 0.15) is 6.92 Å². The molecule has 5 heteroatoms. The molecular weight excluding hydrogens is 272 g/mol. The molecule has 0 bridgehead atoms. The fraction of sp³-hybridized carbons (Fsp3) is 0.400. The van der Waals surface area contributed by atoms with Gasteiger partial charge in [0.2, 0.25) is 0 Å². The zero-order chi connectivity index (χ0) is 15.0. The quantitative estimate of drug-likeness (QED) is 0.820. The second-order valence-electron chi connectivity index (χ2n) is 4.36. The fourth-order valence-corrected chi connectivity index (χ4v) is 2.23. The van der Waals surface area contributed by atoms with Crippen molar-refractivity contribution in [3.8, 4) is 18.1 Å². The number of thioether (sulfide) groups is 1. The number of nitrogens with one attached hydrogen (secondary N) is 1. The number of nitrogens with zero attached hydrogens (tertiary/aromatic N) is 1. The van der Waals surface area contributed by atoms with Crippen molar-refractivity contribution in [3.05, 3.63) is 24.3 Å². The van der Waals surface area contributed by atoms with Crippen LogP contribution in [-0.4, -0.2) is 42.6 Å². The first-order chi connectivity index (χ1) is 9.58. The molecule has 1 N–H and O–H groups in total. The Morgan fingerprint density at radius 2 is 2.15 bits per heavy atom. The van der Waals surface area contributed by atoms with Gasteiger partial charge < -0.3 is 15.0 Å². The van der Waals surface area contributed by atoms with Crippen molar-refractivity contribution in [1.29, 1.82) is 0 Å². The molecule has 0 saturated heterocycles. The molecule has 0 aromatic heterocycles. The van der Waals surface area contributed by atoms with Gasteiger partial charge in [0.15, 0.2) is 0 Å². The van der Waals surface area contributed by atoms with Crippen LogP contribution in [0.4, 0.5) is 10.5 Å². The summed E-state index contributed by atoms with van der Waals surface area (Å²) in [4.78, 5) is 13.7. The Bertz CT molecular complexity index is 468. The Morgan fingerprint density at radius 3 is 2.70 bits per heavy atom. The molecule has 0 spiro atoms. The molecule has 0 unspecified atom stereocenters. The number of terminal acetylenes is 1. The highest BCUT2D eigenvalue weighted by Crippen LogP contribution is 2.16. The number of carbonyl (C=O) groups is 1. The molecule has 1 rings (SSSR count). The average Bonchev–Trinajstić information content (AvgIpc) is 2.46. The van der Waals surface area contributed by atoms with Crippen molar-refractivity contribution in [2.75, 3.05) is 31.0 Å². The molecule has 20 heavy (non-hydrogen) atoms. The number of ether oxygens (including phenoxy) is 1. The van der Waals surface area contributed by atoms with Crippen molar-refractivity contribution in [3.63, 3.8) is 0 Å². The van der Waals surface area contributed by atoms with Gasteiger partial charge in [-0.1, -0.05) is 5.92 Å². The first kappa shape index (κ1) is 16.3. The van der Waals surface area contributed by atoms with E-state index in [2.05, 4.69) is 11.2 Å². The van der Waals surface area contributed by atoms with Gasteiger partial charge in [0, 0.05) is 24.5 Å². The fourth-order valence-electron chi connectivity index (χ4n) is 1.52. The first-order valence-corrected chi connectivity index (χ1v) is 7.67. The lowest BCUT2D eigenvalue weighted by Crippen LogP contribution is -2.39. The predicted molar refractivity (Wildman–Crippen MR) is 85.4 cm³/mol. The van der Waals surface area contributed by atoms with Crippen LogP contribution in [-0.2, 0) is 0 Å². The molecule has 108 valence electrons. The number of rotatable bonds is 6. The number of hydrogen-bond acceptors (Lipinski definition) is 3. The average molecular weight is 292 g/mol. The molecule has 4 nitrogen and oxygen atoms in total. The monoisotopic (exact) mass is 292 g/mol. The summed E-state index contributed by atoms with van der Waals surface area (Å²) in [6, 6.07) is 7.19. The molecule has 0 radical (unpaired) electrons. The molecule has 1 atom stereocenters. The third-order valence-corrected chi connectivity index (χ3v) is 3.63. The van der Waals surface area contributed by atoms with Crippen LogP contribution in [0.3, 0.4) is 0 Å².